The fourth-order valence-electron chi connectivity index (χ4n) is 1.21. The molecule has 1 unspecified atom stereocenters. The molecule has 6 heteroatoms. The van der Waals surface area contributed by atoms with Crippen molar-refractivity contribution in [3.05, 3.63) is 24.3 Å². The number of rotatable bonds is 5. The van der Waals surface area contributed by atoms with E-state index in [9.17, 15) is 8.42 Å². The Morgan fingerprint density at radius 2 is 2.27 bits per heavy atom. The SMILES string of the molecule is CC(CS(C)(=O)=O)NCc1ccncn1. The summed E-state index contributed by atoms with van der Waals surface area (Å²) in [6.07, 6.45) is 4.36. The van der Waals surface area contributed by atoms with E-state index >= 15 is 0 Å². The third kappa shape index (κ3) is 5.44. The van der Waals surface area contributed by atoms with E-state index in [-0.39, 0.29) is 11.8 Å². The monoisotopic (exact) mass is 229 g/mol. The molecule has 0 aliphatic heterocycles. The molecule has 0 saturated heterocycles. The van der Waals surface area contributed by atoms with E-state index < -0.39 is 9.84 Å². The van der Waals surface area contributed by atoms with Gasteiger partial charge in [0.25, 0.3) is 0 Å². The smallest absolute Gasteiger partial charge is 0.148 e. The molecule has 15 heavy (non-hydrogen) atoms. The van der Waals surface area contributed by atoms with Crippen molar-refractivity contribution in [3.8, 4) is 0 Å². The molecule has 0 radical (unpaired) electrons. The van der Waals surface area contributed by atoms with Gasteiger partial charge in [0.1, 0.15) is 16.2 Å². The summed E-state index contributed by atoms with van der Waals surface area (Å²) < 4.78 is 22.0. The molecule has 1 atom stereocenters. The van der Waals surface area contributed by atoms with Gasteiger partial charge in [0.05, 0.1) is 11.4 Å². The summed E-state index contributed by atoms with van der Waals surface area (Å²) in [5.74, 6) is 0.137. The van der Waals surface area contributed by atoms with Crippen LogP contribution in [0.25, 0.3) is 0 Å². The van der Waals surface area contributed by atoms with E-state index in [1.165, 1.54) is 12.6 Å². The fraction of sp³-hybridized carbons (Fsp3) is 0.556. The molecular formula is C9H15N3O2S. The van der Waals surface area contributed by atoms with Crippen LogP contribution in [0.2, 0.25) is 0 Å². The van der Waals surface area contributed by atoms with Crippen molar-refractivity contribution in [2.75, 3.05) is 12.0 Å². The second kappa shape index (κ2) is 5.18. The highest BCUT2D eigenvalue weighted by Crippen LogP contribution is 1.94. The van der Waals surface area contributed by atoms with Crippen LogP contribution in [0.4, 0.5) is 0 Å². The van der Waals surface area contributed by atoms with Crippen LogP contribution in [0.1, 0.15) is 12.6 Å². The van der Waals surface area contributed by atoms with E-state index in [1.54, 1.807) is 12.3 Å². The molecule has 0 fully saturated rings. The molecule has 84 valence electrons. The van der Waals surface area contributed by atoms with Crippen LogP contribution >= 0.6 is 0 Å². The molecule has 1 N–H and O–H groups in total. The average molecular weight is 229 g/mol. The molecule has 0 spiro atoms. The van der Waals surface area contributed by atoms with E-state index in [0.29, 0.717) is 6.54 Å². The Balaban J connectivity index is 2.38. The molecule has 0 aliphatic rings. The largest absolute Gasteiger partial charge is 0.308 e. The lowest BCUT2D eigenvalue weighted by Crippen LogP contribution is -2.32. The van der Waals surface area contributed by atoms with Crippen molar-refractivity contribution < 1.29 is 8.42 Å². The van der Waals surface area contributed by atoms with Crippen molar-refractivity contribution >= 4 is 9.84 Å². The zero-order chi connectivity index (χ0) is 11.3. The number of nitrogens with zero attached hydrogens (tertiary/aromatic N) is 2. The van der Waals surface area contributed by atoms with E-state index in [0.717, 1.165) is 5.69 Å². The van der Waals surface area contributed by atoms with Crippen molar-refractivity contribution in [2.45, 2.75) is 19.5 Å². The third-order valence-corrected chi connectivity index (χ3v) is 2.93. The highest BCUT2D eigenvalue weighted by atomic mass is 32.2. The van der Waals surface area contributed by atoms with Crippen LogP contribution in [0.5, 0.6) is 0 Å². The second-order valence-electron chi connectivity index (χ2n) is 3.58. The summed E-state index contributed by atoms with van der Waals surface area (Å²) in [6.45, 7) is 2.39. The summed E-state index contributed by atoms with van der Waals surface area (Å²) >= 11 is 0. The van der Waals surface area contributed by atoms with Crippen LogP contribution in [-0.4, -0.2) is 36.4 Å². The first-order valence-electron chi connectivity index (χ1n) is 4.63. The number of hydrogen-bond acceptors (Lipinski definition) is 5. The van der Waals surface area contributed by atoms with Crippen LogP contribution in [0, 0.1) is 0 Å². The summed E-state index contributed by atoms with van der Waals surface area (Å²) in [6, 6.07) is 1.72. The minimum absolute atomic E-state index is 0.0741. The summed E-state index contributed by atoms with van der Waals surface area (Å²) in [5, 5.41) is 3.09. The number of nitrogens with one attached hydrogen (secondary N) is 1. The molecule has 0 aromatic carbocycles. The predicted octanol–water partition coefficient (Wildman–Crippen LogP) is -0.000700. The van der Waals surface area contributed by atoms with Crippen LogP contribution in [-0.2, 0) is 16.4 Å². The van der Waals surface area contributed by atoms with Gasteiger partial charge in [-0.2, -0.15) is 0 Å². The molecule has 0 bridgehead atoms. The first-order valence-corrected chi connectivity index (χ1v) is 6.69. The van der Waals surface area contributed by atoms with E-state index in [4.69, 9.17) is 0 Å². The van der Waals surface area contributed by atoms with Crippen LogP contribution in [0.15, 0.2) is 18.6 Å². The van der Waals surface area contributed by atoms with Crippen molar-refractivity contribution in [2.24, 2.45) is 0 Å². The summed E-state index contributed by atoms with van der Waals surface area (Å²) in [5.41, 5.74) is 0.852. The molecule has 1 aromatic rings. The Morgan fingerprint density at radius 3 is 2.80 bits per heavy atom. The highest BCUT2D eigenvalue weighted by Gasteiger charge is 2.09. The highest BCUT2D eigenvalue weighted by molar-refractivity contribution is 7.90. The van der Waals surface area contributed by atoms with E-state index in [2.05, 4.69) is 15.3 Å². The van der Waals surface area contributed by atoms with Gasteiger partial charge < -0.3 is 5.32 Å². The maximum atomic E-state index is 11.0. The van der Waals surface area contributed by atoms with Crippen molar-refractivity contribution in [3.63, 3.8) is 0 Å². The lowest BCUT2D eigenvalue weighted by molar-refractivity contribution is 0.556. The van der Waals surface area contributed by atoms with Gasteiger partial charge in [0.2, 0.25) is 0 Å². The maximum absolute atomic E-state index is 11.0. The summed E-state index contributed by atoms with van der Waals surface area (Å²) in [4.78, 5) is 7.82. The van der Waals surface area contributed by atoms with Gasteiger partial charge in [-0.1, -0.05) is 0 Å². The minimum atomic E-state index is -2.92. The predicted molar refractivity (Wildman–Crippen MR) is 58.0 cm³/mol. The Labute approximate surface area is 89.9 Å². The number of sulfone groups is 1. The Kier molecular flexibility index (Phi) is 4.16. The number of aromatic nitrogens is 2. The third-order valence-electron chi connectivity index (χ3n) is 1.83. The van der Waals surface area contributed by atoms with Gasteiger partial charge in [0.15, 0.2) is 0 Å². The molecule has 0 amide bonds. The Bertz CT molecular complexity index is 391. The van der Waals surface area contributed by atoms with Gasteiger partial charge in [-0.05, 0) is 13.0 Å². The quantitative estimate of drug-likeness (QED) is 0.769. The maximum Gasteiger partial charge on any atom is 0.148 e. The van der Waals surface area contributed by atoms with Gasteiger partial charge in [-0.25, -0.2) is 18.4 Å². The summed E-state index contributed by atoms with van der Waals surface area (Å²) in [7, 11) is -2.92. The number of hydrogen-bond donors (Lipinski definition) is 1. The van der Waals surface area contributed by atoms with Crippen molar-refractivity contribution in [1.29, 1.82) is 0 Å². The molecule has 0 saturated carbocycles. The van der Waals surface area contributed by atoms with Crippen LogP contribution < -0.4 is 5.32 Å². The fourth-order valence-corrected chi connectivity index (χ4v) is 2.24. The lowest BCUT2D eigenvalue weighted by atomic mass is 10.3. The molecule has 1 aromatic heterocycles. The molecule has 1 rings (SSSR count). The first-order chi connectivity index (χ1) is 6.97. The molecule has 0 aliphatic carbocycles. The normalized spacial score (nSPS) is 13.7. The Morgan fingerprint density at radius 1 is 1.53 bits per heavy atom. The zero-order valence-corrected chi connectivity index (χ0v) is 9.66. The van der Waals surface area contributed by atoms with Gasteiger partial charge in [0, 0.05) is 25.0 Å². The first kappa shape index (κ1) is 12.1. The molecule has 5 nitrogen and oxygen atoms in total. The van der Waals surface area contributed by atoms with E-state index in [1.807, 2.05) is 6.92 Å². The standard InChI is InChI=1S/C9H15N3O2S/c1-8(6-15(2,13)14)11-5-9-3-4-10-7-12-9/h3-4,7-8,11H,5-6H2,1-2H3. The average Bonchev–Trinajstić information content (AvgIpc) is 2.14. The van der Waals surface area contributed by atoms with Crippen molar-refractivity contribution in [1.82, 2.24) is 15.3 Å². The van der Waals surface area contributed by atoms with Gasteiger partial charge in [-0.15, -0.1) is 0 Å². The zero-order valence-electron chi connectivity index (χ0n) is 8.84. The topological polar surface area (TPSA) is 72.0 Å². The lowest BCUT2D eigenvalue weighted by Gasteiger charge is -2.11. The molecular weight excluding hydrogens is 214 g/mol. The Hall–Kier alpha value is -1.01. The van der Waals surface area contributed by atoms with Gasteiger partial charge in [-0.3, -0.25) is 0 Å². The minimum Gasteiger partial charge on any atom is -0.308 e. The van der Waals surface area contributed by atoms with Crippen LogP contribution in [0.3, 0.4) is 0 Å². The van der Waals surface area contributed by atoms with Gasteiger partial charge >= 0.3 is 0 Å². The molecule has 1 heterocycles. The second-order valence-corrected chi connectivity index (χ2v) is 5.76.